The average molecular weight is 278 g/mol. The van der Waals surface area contributed by atoms with Crippen LogP contribution in [0.25, 0.3) is 10.1 Å². The minimum atomic E-state index is 0.0767. The zero-order chi connectivity index (χ0) is 9.42. The van der Waals surface area contributed by atoms with Gasteiger partial charge in [0.2, 0.25) is 0 Å². The molecule has 0 atom stereocenters. The van der Waals surface area contributed by atoms with E-state index in [1.165, 1.54) is 0 Å². The Bertz CT molecular complexity index is 452. The van der Waals surface area contributed by atoms with Crippen molar-refractivity contribution in [3.63, 3.8) is 0 Å². The first-order valence-electron chi connectivity index (χ1n) is 3.69. The van der Waals surface area contributed by atoms with Gasteiger partial charge in [-0.05, 0) is 18.2 Å². The Kier molecular flexibility index (Phi) is 2.60. The van der Waals surface area contributed by atoms with Crippen molar-refractivity contribution in [2.75, 3.05) is 0 Å². The maximum atomic E-state index is 8.95. The number of aliphatic hydroxyl groups is 1. The molecule has 1 heterocycles. The van der Waals surface area contributed by atoms with Gasteiger partial charge in [0.15, 0.2) is 0 Å². The fraction of sp³-hybridized carbons (Fsp3) is 0.111. The van der Waals surface area contributed by atoms with Gasteiger partial charge in [0.25, 0.3) is 0 Å². The lowest BCUT2D eigenvalue weighted by Crippen LogP contribution is -1.70. The highest BCUT2D eigenvalue weighted by atomic mass is 79.9. The van der Waals surface area contributed by atoms with E-state index in [4.69, 9.17) is 16.7 Å². The molecule has 0 saturated heterocycles. The third-order valence-corrected chi connectivity index (χ3v) is 3.60. The lowest BCUT2D eigenvalue weighted by molar-refractivity contribution is 0.285. The summed E-state index contributed by atoms with van der Waals surface area (Å²) in [4.78, 5) is 0.940. The van der Waals surface area contributed by atoms with Crippen LogP contribution in [0.1, 0.15) is 4.88 Å². The molecule has 0 aliphatic heterocycles. The number of hydrogen-bond acceptors (Lipinski definition) is 2. The molecule has 13 heavy (non-hydrogen) atoms. The van der Waals surface area contributed by atoms with Crippen molar-refractivity contribution in [2.45, 2.75) is 6.61 Å². The standard InChI is InChI=1S/C9H6BrClOS/c10-5-1-8(11)7-3-6(4-12)13-9(7)2-5/h1-3,12H,4H2. The molecule has 0 bridgehead atoms. The zero-order valence-corrected chi connectivity index (χ0v) is 9.71. The molecule has 1 nitrogen and oxygen atoms in total. The summed E-state index contributed by atoms with van der Waals surface area (Å²) in [5.74, 6) is 0. The molecule has 0 fully saturated rings. The summed E-state index contributed by atoms with van der Waals surface area (Å²) < 4.78 is 2.07. The van der Waals surface area contributed by atoms with Crippen LogP contribution in [0, 0.1) is 0 Å². The van der Waals surface area contributed by atoms with Gasteiger partial charge in [0.05, 0.1) is 11.6 Å². The Hall–Kier alpha value is -0.0900. The Morgan fingerprint density at radius 3 is 2.85 bits per heavy atom. The molecule has 4 heteroatoms. The number of aliphatic hydroxyl groups excluding tert-OH is 1. The number of benzene rings is 1. The van der Waals surface area contributed by atoms with Gasteiger partial charge in [0.1, 0.15) is 0 Å². The highest BCUT2D eigenvalue weighted by Crippen LogP contribution is 2.34. The number of rotatable bonds is 1. The van der Waals surface area contributed by atoms with E-state index in [1.807, 2.05) is 18.2 Å². The van der Waals surface area contributed by atoms with Crippen LogP contribution >= 0.6 is 38.9 Å². The predicted octanol–water partition coefficient (Wildman–Crippen LogP) is 3.81. The fourth-order valence-corrected chi connectivity index (χ4v) is 3.25. The molecule has 2 aromatic rings. The van der Waals surface area contributed by atoms with Crippen LogP contribution in [0.15, 0.2) is 22.7 Å². The van der Waals surface area contributed by atoms with Crippen LogP contribution < -0.4 is 0 Å². The first kappa shape index (κ1) is 9.46. The smallest absolute Gasteiger partial charge is 0.0774 e. The predicted molar refractivity (Wildman–Crippen MR) is 60.5 cm³/mol. The number of halogens is 2. The monoisotopic (exact) mass is 276 g/mol. The minimum Gasteiger partial charge on any atom is -0.391 e. The molecule has 0 aliphatic rings. The average Bonchev–Trinajstić information content (AvgIpc) is 2.47. The molecule has 0 unspecified atom stereocenters. The normalized spacial score (nSPS) is 11.0. The number of hydrogen-bond donors (Lipinski definition) is 1. The van der Waals surface area contributed by atoms with Crippen LogP contribution in [-0.2, 0) is 6.61 Å². The third kappa shape index (κ3) is 1.74. The molecule has 0 saturated carbocycles. The van der Waals surface area contributed by atoms with Crippen molar-refractivity contribution in [3.8, 4) is 0 Å². The van der Waals surface area contributed by atoms with E-state index in [0.29, 0.717) is 0 Å². The lowest BCUT2D eigenvalue weighted by Gasteiger charge is -1.94. The summed E-state index contributed by atoms with van der Waals surface area (Å²) >= 11 is 11.0. The third-order valence-electron chi connectivity index (χ3n) is 1.76. The van der Waals surface area contributed by atoms with Gasteiger partial charge in [-0.1, -0.05) is 27.5 Å². The van der Waals surface area contributed by atoms with Crippen LogP contribution in [0.2, 0.25) is 5.02 Å². The molecule has 68 valence electrons. The number of fused-ring (bicyclic) bond motifs is 1. The van der Waals surface area contributed by atoms with Crippen molar-refractivity contribution in [1.29, 1.82) is 0 Å². The summed E-state index contributed by atoms with van der Waals surface area (Å²) in [5.41, 5.74) is 0. The maximum Gasteiger partial charge on any atom is 0.0774 e. The molecule has 1 aromatic carbocycles. The van der Waals surface area contributed by atoms with Gasteiger partial charge in [-0.15, -0.1) is 11.3 Å². The van der Waals surface area contributed by atoms with Gasteiger partial charge < -0.3 is 5.11 Å². The first-order valence-corrected chi connectivity index (χ1v) is 5.68. The maximum absolute atomic E-state index is 8.95. The van der Waals surface area contributed by atoms with Crippen LogP contribution in [0.4, 0.5) is 0 Å². The van der Waals surface area contributed by atoms with E-state index in [-0.39, 0.29) is 6.61 Å². The molecule has 0 radical (unpaired) electrons. The van der Waals surface area contributed by atoms with E-state index in [0.717, 1.165) is 24.5 Å². The van der Waals surface area contributed by atoms with Crippen molar-refractivity contribution in [3.05, 3.63) is 32.6 Å². The molecule has 1 N–H and O–H groups in total. The lowest BCUT2D eigenvalue weighted by atomic mass is 10.2. The van der Waals surface area contributed by atoms with Gasteiger partial charge in [-0.25, -0.2) is 0 Å². The molecular weight excluding hydrogens is 272 g/mol. The Morgan fingerprint density at radius 2 is 2.15 bits per heavy atom. The van der Waals surface area contributed by atoms with E-state index in [1.54, 1.807) is 11.3 Å². The van der Waals surface area contributed by atoms with Crippen molar-refractivity contribution in [2.24, 2.45) is 0 Å². The zero-order valence-electron chi connectivity index (χ0n) is 6.55. The number of thiophene rings is 1. The van der Waals surface area contributed by atoms with Gasteiger partial charge >= 0.3 is 0 Å². The molecule has 0 spiro atoms. The topological polar surface area (TPSA) is 20.2 Å². The van der Waals surface area contributed by atoms with Crippen LogP contribution in [0.5, 0.6) is 0 Å². The summed E-state index contributed by atoms with van der Waals surface area (Å²) in [6.07, 6.45) is 0. The van der Waals surface area contributed by atoms with E-state index in [2.05, 4.69) is 15.9 Å². The summed E-state index contributed by atoms with van der Waals surface area (Å²) in [6, 6.07) is 5.79. The highest BCUT2D eigenvalue weighted by molar-refractivity contribution is 9.10. The van der Waals surface area contributed by atoms with Crippen molar-refractivity contribution < 1.29 is 5.11 Å². The quantitative estimate of drug-likeness (QED) is 0.840. The van der Waals surface area contributed by atoms with Crippen LogP contribution in [-0.4, -0.2) is 5.11 Å². The second-order valence-corrected chi connectivity index (χ2v) is 5.16. The highest BCUT2D eigenvalue weighted by Gasteiger charge is 2.05. The SMILES string of the molecule is OCc1cc2c(Cl)cc(Br)cc2s1. The van der Waals surface area contributed by atoms with E-state index >= 15 is 0 Å². The second kappa shape index (κ2) is 3.58. The van der Waals surface area contributed by atoms with Gasteiger partial charge in [-0.2, -0.15) is 0 Å². The van der Waals surface area contributed by atoms with Gasteiger partial charge in [0, 0.05) is 19.4 Å². The largest absolute Gasteiger partial charge is 0.391 e. The minimum absolute atomic E-state index is 0.0767. The fourth-order valence-electron chi connectivity index (χ4n) is 1.20. The summed E-state index contributed by atoms with van der Waals surface area (Å²) in [6.45, 7) is 0.0767. The molecule has 0 amide bonds. The second-order valence-electron chi connectivity index (χ2n) is 2.67. The first-order chi connectivity index (χ1) is 6.20. The molecule has 0 aliphatic carbocycles. The molecule has 2 rings (SSSR count). The van der Waals surface area contributed by atoms with Crippen molar-refractivity contribution >= 4 is 49.0 Å². The Balaban J connectivity index is 2.75. The van der Waals surface area contributed by atoms with E-state index < -0.39 is 0 Å². The Morgan fingerprint density at radius 1 is 1.38 bits per heavy atom. The van der Waals surface area contributed by atoms with Crippen molar-refractivity contribution in [1.82, 2.24) is 0 Å². The summed E-state index contributed by atoms with van der Waals surface area (Å²) in [5, 5.41) is 10.7. The molecule has 1 aromatic heterocycles. The molecular formula is C9H6BrClOS. The van der Waals surface area contributed by atoms with Crippen LogP contribution in [0.3, 0.4) is 0 Å². The Labute approximate surface area is 93.1 Å². The van der Waals surface area contributed by atoms with Gasteiger partial charge in [-0.3, -0.25) is 0 Å². The van der Waals surface area contributed by atoms with E-state index in [9.17, 15) is 0 Å². The summed E-state index contributed by atoms with van der Waals surface area (Å²) in [7, 11) is 0.